The first-order valence-corrected chi connectivity index (χ1v) is 11.4. The lowest BCUT2D eigenvalue weighted by Crippen LogP contribution is -2.48. The largest absolute Gasteiger partial charge is 0.487 e. The van der Waals surface area contributed by atoms with Gasteiger partial charge in [-0.05, 0) is 60.0 Å². The molecule has 0 radical (unpaired) electrons. The van der Waals surface area contributed by atoms with Crippen molar-refractivity contribution >= 4 is 21.8 Å². The van der Waals surface area contributed by atoms with Crippen LogP contribution in [0.3, 0.4) is 0 Å². The molecule has 0 bridgehead atoms. The van der Waals surface area contributed by atoms with Crippen molar-refractivity contribution < 1.29 is 18.3 Å². The van der Waals surface area contributed by atoms with Crippen molar-refractivity contribution in [3.8, 4) is 5.75 Å². The van der Waals surface area contributed by atoms with Crippen LogP contribution in [0.5, 0.6) is 5.75 Å². The molecule has 1 heterocycles. The minimum atomic E-state index is -0.949. The lowest BCUT2D eigenvalue weighted by molar-refractivity contribution is -0.125. The molecule has 3 rings (SSSR count). The van der Waals surface area contributed by atoms with Crippen molar-refractivity contribution in [2.45, 2.75) is 46.0 Å². The highest BCUT2D eigenvalue weighted by Gasteiger charge is 2.21. The van der Waals surface area contributed by atoms with E-state index in [1.807, 2.05) is 24.3 Å². The maximum absolute atomic E-state index is 13.9. The Morgan fingerprint density at radius 3 is 2.38 bits per heavy atom. The first-order valence-electron chi connectivity index (χ1n) is 10.6. The third kappa shape index (κ3) is 6.30. The molecule has 0 saturated carbocycles. The van der Waals surface area contributed by atoms with Crippen molar-refractivity contribution in [2.75, 3.05) is 0 Å². The summed E-state index contributed by atoms with van der Waals surface area (Å²) in [6, 6.07) is 12.5. The van der Waals surface area contributed by atoms with Gasteiger partial charge in [-0.1, -0.05) is 24.3 Å². The third-order valence-corrected chi connectivity index (χ3v) is 5.95. The topological polar surface area (TPSA) is 86.3 Å². The summed E-state index contributed by atoms with van der Waals surface area (Å²) in [7, 11) is 0. The van der Waals surface area contributed by atoms with Crippen molar-refractivity contribution in [3.63, 3.8) is 0 Å². The van der Waals surface area contributed by atoms with E-state index < -0.39 is 17.2 Å². The number of amides is 1. The second-order valence-corrected chi connectivity index (χ2v) is 9.39. The van der Waals surface area contributed by atoms with Crippen molar-refractivity contribution in [1.29, 1.82) is 0 Å². The molecule has 2 aromatic carbocycles. The number of hydrogen-bond acceptors (Lipinski definition) is 4. The fraction of sp³-hybridized carbons (Fsp3) is 0.280. The predicted octanol–water partition coefficient (Wildman–Crippen LogP) is 4.18. The zero-order chi connectivity index (χ0) is 25.0. The van der Waals surface area contributed by atoms with E-state index in [0.29, 0.717) is 18.8 Å². The maximum Gasteiger partial charge on any atom is 0.269 e. The fourth-order valence-electron chi connectivity index (χ4n) is 3.17. The van der Waals surface area contributed by atoms with Crippen LogP contribution in [0.15, 0.2) is 57.8 Å². The Balaban J connectivity index is 1.70. The van der Waals surface area contributed by atoms with Gasteiger partial charge in [0.2, 0.25) is 5.91 Å². The van der Waals surface area contributed by atoms with E-state index in [0.717, 1.165) is 23.3 Å². The molecule has 0 saturated heterocycles. The number of ether oxygens (including phenoxy) is 1. The molecule has 34 heavy (non-hydrogen) atoms. The quantitative estimate of drug-likeness (QED) is 0.454. The Hall–Kier alpha value is -3.04. The Labute approximate surface area is 204 Å². The predicted molar refractivity (Wildman–Crippen MR) is 129 cm³/mol. The van der Waals surface area contributed by atoms with E-state index in [1.54, 1.807) is 31.4 Å². The van der Waals surface area contributed by atoms with Crippen LogP contribution in [-0.4, -0.2) is 16.0 Å². The Morgan fingerprint density at radius 1 is 1.12 bits per heavy atom. The molecule has 0 fully saturated rings. The van der Waals surface area contributed by atoms with E-state index in [2.05, 4.69) is 21.2 Å². The van der Waals surface area contributed by atoms with Crippen LogP contribution in [0.1, 0.15) is 36.2 Å². The Kier molecular flexibility index (Phi) is 7.89. The van der Waals surface area contributed by atoms with Gasteiger partial charge in [0.15, 0.2) is 0 Å². The summed E-state index contributed by atoms with van der Waals surface area (Å²) in [4.78, 5) is 24.8. The number of carbonyl (C=O) groups excluding carboxylic acids is 1. The van der Waals surface area contributed by atoms with E-state index in [-0.39, 0.29) is 33.9 Å². The van der Waals surface area contributed by atoms with Crippen molar-refractivity contribution in [3.05, 3.63) is 97.4 Å². The van der Waals surface area contributed by atoms with Crippen LogP contribution >= 0.6 is 15.9 Å². The van der Waals surface area contributed by atoms with E-state index in [4.69, 9.17) is 10.5 Å². The van der Waals surface area contributed by atoms with Crippen LogP contribution in [-0.2, 0) is 24.5 Å². The molecule has 6 nitrogen and oxygen atoms in total. The molecule has 3 aromatic rings. The molecule has 0 aliphatic rings. The lowest BCUT2D eigenvalue weighted by atomic mass is 10.1. The molecule has 180 valence electrons. The molecule has 3 N–H and O–H groups in total. The van der Waals surface area contributed by atoms with Crippen molar-refractivity contribution in [1.82, 2.24) is 9.88 Å². The number of aromatic nitrogens is 1. The SMILES string of the molecule is Cc1cc(OCc2ccc(F)cc2F)c(Br)c(=O)n1Cc1ccc(CNC(=O)C(C)(C)N)cc1. The minimum absolute atomic E-state index is 0.146. The van der Waals surface area contributed by atoms with Crippen LogP contribution < -0.4 is 21.3 Å². The monoisotopic (exact) mass is 533 g/mol. The van der Waals surface area contributed by atoms with Gasteiger partial charge in [-0.15, -0.1) is 0 Å². The van der Waals surface area contributed by atoms with E-state index >= 15 is 0 Å². The van der Waals surface area contributed by atoms with E-state index in [1.165, 1.54) is 6.07 Å². The van der Waals surface area contributed by atoms with Gasteiger partial charge in [0, 0.05) is 29.9 Å². The zero-order valence-electron chi connectivity index (χ0n) is 19.1. The normalized spacial score (nSPS) is 11.4. The number of benzene rings is 2. The minimum Gasteiger partial charge on any atom is -0.487 e. The van der Waals surface area contributed by atoms with Crippen molar-refractivity contribution in [2.24, 2.45) is 5.73 Å². The van der Waals surface area contributed by atoms with Gasteiger partial charge in [-0.2, -0.15) is 0 Å². The molecule has 1 aromatic heterocycles. The van der Waals surface area contributed by atoms with Gasteiger partial charge in [0.25, 0.3) is 5.56 Å². The second-order valence-electron chi connectivity index (χ2n) is 8.60. The van der Waals surface area contributed by atoms with Crippen LogP contribution in [0.4, 0.5) is 8.78 Å². The maximum atomic E-state index is 13.9. The van der Waals surface area contributed by atoms with Gasteiger partial charge in [0.05, 0.1) is 12.1 Å². The number of carbonyl (C=O) groups is 1. The molecule has 0 spiro atoms. The Bertz CT molecular complexity index is 1250. The van der Waals surface area contributed by atoms with Gasteiger partial charge in [0.1, 0.15) is 28.5 Å². The van der Waals surface area contributed by atoms with Gasteiger partial charge in [-0.25, -0.2) is 8.78 Å². The van der Waals surface area contributed by atoms with Gasteiger partial charge < -0.3 is 20.4 Å². The Morgan fingerprint density at radius 2 is 1.76 bits per heavy atom. The number of nitrogens with two attached hydrogens (primary N) is 1. The number of pyridine rings is 1. The number of aryl methyl sites for hydroxylation is 1. The van der Waals surface area contributed by atoms with Crippen LogP contribution in [0.25, 0.3) is 0 Å². The highest BCUT2D eigenvalue weighted by atomic mass is 79.9. The summed E-state index contributed by atoms with van der Waals surface area (Å²) < 4.78 is 34.4. The van der Waals surface area contributed by atoms with Crippen LogP contribution in [0, 0.1) is 18.6 Å². The molecule has 0 aliphatic heterocycles. The standard InChI is InChI=1S/C25H26BrF2N3O3/c1-15-10-21(34-14-18-8-9-19(27)11-20(18)28)22(26)23(32)31(15)13-17-6-4-16(5-7-17)12-30-24(33)25(2,3)29/h4-11H,12-14,29H2,1-3H3,(H,30,33). The first-order chi connectivity index (χ1) is 16.0. The number of nitrogens with one attached hydrogen (secondary N) is 1. The summed E-state index contributed by atoms with van der Waals surface area (Å²) in [5.41, 5.74) is 7.17. The molecular formula is C25H26BrF2N3O3. The number of hydrogen-bond donors (Lipinski definition) is 2. The summed E-state index contributed by atoms with van der Waals surface area (Å²) in [6.07, 6.45) is 0. The molecular weight excluding hydrogens is 508 g/mol. The average Bonchev–Trinajstić information content (AvgIpc) is 2.77. The summed E-state index contributed by atoms with van der Waals surface area (Å²) in [5, 5.41) is 2.79. The third-order valence-electron chi connectivity index (χ3n) is 5.22. The molecule has 0 aliphatic carbocycles. The summed E-state index contributed by atoms with van der Waals surface area (Å²) >= 11 is 3.28. The highest BCUT2D eigenvalue weighted by molar-refractivity contribution is 9.10. The summed E-state index contributed by atoms with van der Waals surface area (Å²) in [6.45, 7) is 5.59. The zero-order valence-corrected chi connectivity index (χ0v) is 20.7. The number of nitrogens with zero attached hydrogens (tertiary/aromatic N) is 1. The van der Waals surface area contributed by atoms with E-state index in [9.17, 15) is 18.4 Å². The van der Waals surface area contributed by atoms with Gasteiger partial charge >= 0.3 is 0 Å². The molecule has 9 heteroatoms. The van der Waals surface area contributed by atoms with Gasteiger partial charge in [-0.3, -0.25) is 9.59 Å². The average molecular weight is 534 g/mol. The molecule has 0 atom stereocenters. The summed E-state index contributed by atoms with van der Waals surface area (Å²) in [5.74, 6) is -1.35. The molecule has 1 amide bonds. The van der Waals surface area contributed by atoms with Crippen LogP contribution in [0.2, 0.25) is 0 Å². The molecule has 0 unspecified atom stereocenters. The number of halogens is 3. The smallest absolute Gasteiger partial charge is 0.269 e. The highest BCUT2D eigenvalue weighted by Crippen LogP contribution is 2.24. The fourth-order valence-corrected chi connectivity index (χ4v) is 3.61. The first kappa shape index (κ1) is 25.6. The lowest BCUT2D eigenvalue weighted by Gasteiger charge is -2.18. The number of rotatable bonds is 8. The second kappa shape index (κ2) is 10.5.